The fourth-order valence-corrected chi connectivity index (χ4v) is 1.19. The number of carboxylic acids is 1. The number of aromatic carboxylic acids is 1. The number of halogens is 1. The zero-order valence-corrected chi connectivity index (χ0v) is 7.36. The van der Waals surface area contributed by atoms with Crippen LogP contribution >= 0.6 is 0 Å². The molecule has 0 spiro atoms. The molecule has 0 amide bonds. The third kappa shape index (κ3) is 1.91. The minimum Gasteiger partial charge on any atom is -0.478 e. The molecule has 0 saturated carbocycles. The summed E-state index contributed by atoms with van der Waals surface area (Å²) in [6.07, 6.45) is 0. The van der Waals surface area contributed by atoms with Crippen LogP contribution in [0.4, 0.5) is 4.39 Å². The lowest BCUT2D eigenvalue weighted by Crippen LogP contribution is -2.31. The molecule has 0 fully saturated rings. The minimum atomic E-state index is -1.80. The number of aryl methyl sites for hydroxylation is 1. The van der Waals surface area contributed by atoms with Crippen molar-refractivity contribution in [3.8, 4) is 0 Å². The molecule has 1 aromatic carbocycles. The van der Waals surface area contributed by atoms with Gasteiger partial charge in [-0.05, 0) is 24.0 Å². The van der Waals surface area contributed by atoms with E-state index >= 15 is 0 Å². The van der Waals surface area contributed by atoms with Gasteiger partial charge in [-0.1, -0.05) is 6.07 Å². The molecule has 0 bridgehead atoms. The predicted octanol–water partition coefficient (Wildman–Crippen LogP) is -0.488. The average molecular weight is 198 g/mol. The van der Waals surface area contributed by atoms with Gasteiger partial charge in [0.2, 0.25) is 0 Å². The molecule has 4 nitrogen and oxygen atoms in total. The highest BCUT2D eigenvalue weighted by atomic mass is 19.1. The van der Waals surface area contributed by atoms with Gasteiger partial charge in [-0.25, -0.2) is 9.18 Å². The molecule has 74 valence electrons. The van der Waals surface area contributed by atoms with Crippen LogP contribution in [0.3, 0.4) is 0 Å². The van der Waals surface area contributed by atoms with Gasteiger partial charge in [0.25, 0.3) is 0 Å². The second-order valence-electron chi connectivity index (χ2n) is 2.87. The standard InChI is InChI=1S/C8H8BFO4/c1-4-2-5(9(13)14)3-6(10)7(4)8(11)12/h2-3,13-14H,1H3,(H,11,12). The maximum Gasteiger partial charge on any atom is 0.488 e. The molecule has 6 heteroatoms. The van der Waals surface area contributed by atoms with Crippen molar-refractivity contribution in [3.63, 3.8) is 0 Å². The number of carboxylic acid groups (broad SMARTS) is 1. The Bertz CT molecular complexity index is 355. The Morgan fingerprint density at radius 2 is 2.00 bits per heavy atom. The SMILES string of the molecule is Cc1cc(B(O)O)cc(F)c1C(=O)O. The van der Waals surface area contributed by atoms with E-state index in [2.05, 4.69) is 0 Å². The lowest BCUT2D eigenvalue weighted by Gasteiger charge is -2.05. The van der Waals surface area contributed by atoms with Crippen LogP contribution in [0.15, 0.2) is 12.1 Å². The van der Waals surface area contributed by atoms with E-state index in [4.69, 9.17) is 15.2 Å². The molecule has 0 atom stereocenters. The summed E-state index contributed by atoms with van der Waals surface area (Å²) in [5.74, 6) is -2.35. The van der Waals surface area contributed by atoms with Crippen LogP contribution in [-0.4, -0.2) is 28.2 Å². The number of hydrogen-bond acceptors (Lipinski definition) is 3. The van der Waals surface area contributed by atoms with E-state index in [1.165, 1.54) is 13.0 Å². The Morgan fingerprint density at radius 1 is 1.43 bits per heavy atom. The Morgan fingerprint density at radius 3 is 2.36 bits per heavy atom. The van der Waals surface area contributed by atoms with Crippen molar-refractivity contribution in [2.24, 2.45) is 0 Å². The summed E-state index contributed by atoms with van der Waals surface area (Å²) >= 11 is 0. The van der Waals surface area contributed by atoms with E-state index in [-0.39, 0.29) is 11.0 Å². The predicted molar refractivity (Wildman–Crippen MR) is 47.9 cm³/mol. The summed E-state index contributed by atoms with van der Waals surface area (Å²) in [6, 6.07) is 2.01. The monoisotopic (exact) mass is 198 g/mol. The molecule has 1 aromatic rings. The van der Waals surface area contributed by atoms with Gasteiger partial charge in [0.15, 0.2) is 0 Å². The molecule has 1 rings (SSSR count). The van der Waals surface area contributed by atoms with Crippen LogP contribution in [0, 0.1) is 12.7 Å². The zero-order valence-electron chi connectivity index (χ0n) is 7.36. The summed E-state index contributed by atoms with van der Waals surface area (Å²) in [6.45, 7) is 1.39. The molecule has 0 radical (unpaired) electrons. The van der Waals surface area contributed by atoms with E-state index in [1.54, 1.807) is 0 Å². The number of rotatable bonds is 2. The highest BCUT2D eigenvalue weighted by molar-refractivity contribution is 6.58. The lowest BCUT2D eigenvalue weighted by atomic mass is 9.79. The summed E-state index contributed by atoms with van der Waals surface area (Å²) in [7, 11) is -1.80. The van der Waals surface area contributed by atoms with Crippen LogP contribution in [0.1, 0.15) is 15.9 Å². The van der Waals surface area contributed by atoms with Crippen LogP contribution in [-0.2, 0) is 0 Å². The van der Waals surface area contributed by atoms with Crippen molar-refractivity contribution in [3.05, 3.63) is 29.1 Å². The number of hydrogen-bond donors (Lipinski definition) is 3. The molecular weight excluding hydrogens is 190 g/mol. The number of benzene rings is 1. The normalized spacial score (nSPS) is 10.0. The fraction of sp³-hybridized carbons (Fsp3) is 0.125. The Kier molecular flexibility index (Phi) is 2.88. The van der Waals surface area contributed by atoms with Crippen LogP contribution in [0.5, 0.6) is 0 Å². The van der Waals surface area contributed by atoms with Crippen molar-refractivity contribution in [1.29, 1.82) is 0 Å². The third-order valence-corrected chi connectivity index (χ3v) is 1.82. The molecule has 0 aliphatic heterocycles. The molecule has 14 heavy (non-hydrogen) atoms. The quantitative estimate of drug-likeness (QED) is 0.560. The minimum absolute atomic E-state index is 0.0648. The van der Waals surface area contributed by atoms with Gasteiger partial charge in [-0.15, -0.1) is 0 Å². The lowest BCUT2D eigenvalue weighted by molar-refractivity contribution is 0.0691. The molecule has 0 aliphatic carbocycles. The van der Waals surface area contributed by atoms with Crippen molar-refractivity contribution in [1.82, 2.24) is 0 Å². The van der Waals surface area contributed by atoms with Crippen LogP contribution in [0.2, 0.25) is 0 Å². The molecular formula is C8H8BFO4. The van der Waals surface area contributed by atoms with E-state index in [0.717, 1.165) is 6.07 Å². The summed E-state index contributed by atoms with van der Waals surface area (Å²) in [5.41, 5.74) is -0.361. The highest BCUT2D eigenvalue weighted by Crippen LogP contribution is 2.11. The van der Waals surface area contributed by atoms with Crippen molar-refractivity contribution < 1.29 is 24.3 Å². The fourth-order valence-electron chi connectivity index (χ4n) is 1.19. The first kappa shape index (κ1) is 10.7. The number of carbonyl (C=O) groups is 1. The van der Waals surface area contributed by atoms with Gasteiger partial charge in [0.1, 0.15) is 5.82 Å². The van der Waals surface area contributed by atoms with Crippen molar-refractivity contribution >= 4 is 18.6 Å². The average Bonchev–Trinajstić information content (AvgIpc) is 2.01. The summed E-state index contributed by atoms with van der Waals surface area (Å²) in [4.78, 5) is 10.6. The summed E-state index contributed by atoms with van der Waals surface area (Å²) in [5, 5.41) is 26.1. The van der Waals surface area contributed by atoms with Crippen LogP contribution < -0.4 is 5.46 Å². The van der Waals surface area contributed by atoms with Gasteiger partial charge in [0.05, 0.1) is 5.56 Å². The first-order valence-electron chi connectivity index (χ1n) is 3.83. The Balaban J connectivity index is 3.32. The van der Waals surface area contributed by atoms with E-state index in [1.807, 2.05) is 0 Å². The second-order valence-corrected chi connectivity index (χ2v) is 2.87. The van der Waals surface area contributed by atoms with Crippen molar-refractivity contribution in [2.45, 2.75) is 6.92 Å². The maximum absolute atomic E-state index is 13.1. The molecule has 0 aliphatic rings. The maximum atomic E-state index is 13.1. The second kappa shape index (κ2) is 3.77. The Hall–Kier alpha value is -1.40. The largest absolute Gasteiger partial charge is 0.488 e. The first-order valence-corrected chi connectivity index (χ1v) is 3.83. The first-order chi connectivity index (χ1) is 6.43. The molecule has 0 unspecified atom stereocenters. The highest BCUT2D eigenvalue weighted by Gasteiger charge is 2.19. The zero-order chi connectivity index (χ0) is 10.9. The molecule has 0 saturated heterocycles. The molecule has 0 heterocycles. The van der Waals surface area contributed by atoms with Gasteiger partial charge < -0.3 is 15.2 Å². The third-order valence-electron chi connectivity index (χ3n) is 1.82. The topological polar surface area (TPSA) is 77.8 Å². The van der Waals surface area contributed by atoms with Gasteiger partial charge in [-0.3, -0.25) is 0 Å². The van der Waals surface area contributed by atoms with Gasteiger partial charge in [-0.2, -0.15) is 0 Å². The molecule has 3 N–H and O–H groups in total. The Labute approximate surface area is 79.8 Å². The van der Waals surface area contributed by atoms with Crippen LogP contribution in [0.25, 0.3) is 0 Å². The smallest absolute Gasteiger partial charge is 0.478 e. The van der Waals surface area contributed by atoms with E-state index in [0.29, 0.717) is 0 Å². The van der Waals surface area contributed by atoms with Crippen molar-refractivity contribution in [2.75, 3.05) is 0 Å². The van der Waals surface area contributed by atoms with Gasteiger partial charge >= 0.3 is 13.1 Å². The van der Waals surface area contributed by atoms with E-state index < -0.39 is 24.5 Å². The van der Waals surface area contributed by atoms with E-state index in [9.17, 15) is 9.18 Å². The summed E-state index contributed by atoms with van der Waals surface area (Å²) < 4.78 is 13.1. The molecule has 0 aromatic heterocycles. The van der Waals surface area contributed by atoms with Gasteiger partial charge in [0, 0.05) is 0 Å².